The normalized spacial score (nSPS) is 16.8. The molecule has 8 nitrogen and oxygen atoms in total. The summed E-state index contributed by atoms with van der Waals surface area (Å²) in [6.45, 7) is 5.98. The van der Waals surface area contributed by atoms with Crippen molar-refractivity contribution in [3.05, 3.63) is 95.7 Å². The molecule has 0 radical (unpaired) electrons. The number of nitrogens with one attached hydrogen (secondary N) is 2. The van der Waals surface area contributed by atoms with E-state index in [9.17, 15) is 14.9 Å². The number of benzene rings is 3. The van der Waals surface area contributed by atoms with Gasteiger partial charge in [0.2, 0.25) is 0 Å². The second-order valence-electron chi connectivity index (χ2n) is 11.7. The molecule has 0 spiro atoms. The fraction of sp³-hybridized carbons (Fsp3) is 0.324. The largest absolute Gasteiger partial charge is 0.457 e. The highest BCUT2D eigenvalue weighted by atomic mass is 16.6. The average molecular weight is 565 g/mol. The molecule has 8 heteroatoms. The van der Waals surface area contributed by atoms with Crippen LogP contribution in [0.2, 0.25) is 0 Å². The fourth-order valence-electron chi connectivity index (χ4n) is 5.27. The third-order valence-corrected chi connectivity index (χ3v) is 7.29. The second kappa shape index (κ2) is 12.4. The summed E-state index contributed by atoms with van der Waals surface area (Å²) in [5, 5.41) is 16.6. The van der Waals surface area contributed by atoms with Gasteiger partial charge in [-0.25, -0.2) is 4.79 Å². The zero-order valence-corrected chi connectivity index (χ0v) is 24.2. The van der Waals surface area contributed by atoms with E-state index in [1.54, 1.807) is 6.07 Å². The molecule has 1 heterocycles. The molecule has 0 atom stereocenters. The van der Waals surface area contributed by atoms with E-state index >= 15 is 0 Å². The predicted molar refractivity (Wildman–Crippen MR) is 162 cm³/mol. The second-order valence-corrected chi connectivity index (χ2v) is 11.7. The summed E-state index contributed by atoms with van der Waals surface area (Å²) in [4.78, 5) is 25.8. The van der Waals surface area contributed by atoms with E-state index in [-0.39, 0.29) is 18.0 Å². The minimum Gasteiger partial charge on any atom is -0.457 e. The summed E-state index contributed by atoms with van der Waals surface area (Å²) in [5.41, 5.74) is 2.36. The quantitative estimate of drug-likeness (QED) is 0.254. The third kappa shape index (κ3) is 7.29. The number of nitrogens with zero attached hydrogens (tertiary/aromatic N) is 2. The molecule has 0 unspecified atom stereocenters. The van der Waals surface area contributed by atoms with Gasteiger partial charge in [-0.2, -0.15) is 5.26 Å². The molecular weight excluding hydrogens is 528 g/mol. The van der Waals surface area contributed by atoms with Crippen molar-refractivity contribution in [1.82, 2.24) is 15.2 Å². The molecule has 216 valence electrons. The van der Waals surface area contributed by atoms with E-state index < -0.39 is 11.7 Å². The minimum absolute atomic E-state index is 0.00439. The van der Waals surface area contributed by atoms with E-state index in [0.29, 0.717) is 17.8 Å². The molecule has 1 saturated carbocycles. The van der Waals surface area contributed by atoms with Crippen LogP contribution >= 0.6 is 0 Å². The molecule has 0 saturated heterocycles. The van der Waals surface area contributed by atoms with Crippen LogP contribution in [0.3, 0.4) is 0 Å². The monoisotopic (exact) mass is 564 g/mol. The molecule has 2 N–H and O–H groups in total. The van der Waals surface area contributed by atoms with Crippen LogP contribution in [-0.4, -0.2) is 34.3 Å². The number of ether oxygens (including phenoxy) is 2. The number of rotatable bonds is 7. The van der Waals surface area contributed by atoms with Gasteiger partial charge < -0.3 is 24.7 Å². The number of amides is 2. The first-order valence-corrected chi connectivity index (χ1v) is 14.3. The number of alkyl carbamates (subject to hydrolysis) is 1. The first kappa shape index (κ1) is 28.7. The standard InChI is InChI=1S/C34H36N4O4/c1-34(2,3)42-33(40)37-27-15-13-26(14-16-27)36-32(39)31-20-25-12-9-24(21-35)19-30(25)38(31)22-23-10-17-29(18-11-23)41-28-7-5-4-6-8-28/h4-12,17-20,26-27H,13-16,22H2,1-3H3,(H,36,39)(H,37,40). The van der Waals surface area contributed by atoms with Crippen molar-refractivity contribution in [1.29, 1.82) is 5.26 Å². The number of hydrogen-bond acceptors (Lipinski definition) is 5. The van der Waals surface area contributed by atoms with Gasteiger partial charge in [0.05, 0.1) is 17.1 Å². The number of hydrogen-bond donors (Lipinski definition) is 2. The first-order chi connectivity index (χ1) is 20.2. The lowest BCUT2D eigenvalue weighted by atomic mass is 9.91. The topological polar surface area (TPSA) is 105 Å². The highest BCUT2D eigenvalue weighted by Gasteiger charge is 2.27. The Bertz CT molecular complexity index is 1590. The molecule has 0 aliphatic heterocycles. The van der Waals surface area contributed by atoms with Gasteiger partial charge in [0.15, 0.2) is 0 Å². The SMILES string of the molecule is CC(C)(C)OC(=O)NC1CCC(NC(=O)c2cc3ccc(C#N)cc3n2Cc2ccc(Oc3ccccc3)cc2)CC1. The van der Waals surface area contributed by atoms with Crippen molar-refractivity contribution >= 4 is 22.9 Å². The number of para-hydroxylation sites is 1. The molecule has 0 bridgehead atoms. The Kier molecular flexibility index (Phi) is 8.48. The lowest BCUT2D eigenvalue weighted by Crippen LogP contribution is -2.45. The van der Waals surface area contributed by atoms with Crippen LogP contribution < -0.4 is 15.4 Å². The van der Waals surface area contributed by atoms with Gasteiger partial charge in [-0.05, 0) is 94.5 Å². The lowest BCUT2D eigenvalue weighted by molar-refractivity contribution is 0.0487. The Hall–Kier alpha value is -4.77. The van der Waals surface area contributed by atoms with Crippen molar-refractivity contribution in [2.45, 2.75) is 70.7 Å². The van der Waals surface area contributed by atoms with Crippen LogP contribution in [0.4, 0.5) is 4.79 Å². The molecule has 5 rings (SSSR count). The summed E-state index contributed by atoms with van der Waals surface area (Å²) in [6.07, 6.45) is 2.63. The van der Waals surface area contributed by atoms with E-state index in [4.69, 9.17) is 9.47 Å². The van der Waals surface area contributed by atoms with E-state index in [0.717, 1.165) is 53.6 Å². The predicted octanol–water partition coefficient (Wildman–Crippen LogP) is 6.92. The summed E-state index contributed by atoms with van der Waals surface area (Å²) in [6, 6.07) is 27.0. The highest BCUT2D eigenvalue weighted by Crippen LogP contribution is 2.26. The van der Waals surface area contributed by atoms with Gasteiger partial charge in [0, 0.05) is 24.0 Å². The summed E-state index contributed by atoms with van der Waals surface area (Å²) in [5.74, 6) is 1.33. The van der Waals surface area contributed by atoms with Crippen LogP contribution in [-0.2, 0) is 11.3 Å². The smallest absolute Gasteiger partial charge is 0.407 e. The summed E-state index contributed by atoms with van der Waals surface area (Å²) < 4.78 is 13.3. The van der Waals surface area contributed by atoms with Gasteiger partial charge in [0.1, 0.15) is 22.8 Å². The molecule has 3 aromatic carbocycles. The maximum absolute atomic E-state index is 13.6. The zero-order valence-electron chi connectivity index (χ0n) is 24.2. The Morgan fingerprint density at radius 3 is 2.17 bits per heavy atom. The van der Waals surface area contributed by atoms with E-state index in [1.807, 2.05) is 98.1 Å². The molecule has 1 aliphatic rings. The third-order valence-electron chi connectivity index (χ3n) is 7.29. The maximum Gasteiger partial charge on any atom is 0.407 e. The molecule has 1 fully saturated rings. The molecule has 1 aliphatic carbocycles. The molecule has 2 amide bonds. The molecule has 42 heavy (non-hydrogen) atoms. The fourth-order valence-corrected chi connectivity index (χ4v) is 5.27. The maximum atomic E-state index is 13.6. The van der Waals surface area contributed by atoms with Crippen molar-refractivity contribution in [3.63, 3.8) is 0 Å². The number of nitriles is 1. The van der Waals surface area contributed by atoms with E-state index in [1.165, 1.54) is 0 Å². The van der Waals surface area contributed by atoms with Gasteiger partial charge in [0.25, 0.3) is 5.91 Å². The van der Waals surface area contributed by atoms with E-state index in [2.05, 4.69) is 16.7 Å². The van der Waals surface area contributed by atoms with Crippen LogP contribution in [0.1, 0.15) is 68.1 Å². The number of aromatic nitrogens is 1. The van der Waals surface area contributed by atoms with Crippen molar-refractivity contribution in [2.24, 2.45) is 0 Å². The van der Waals surface area contributed by atoms with Crippen molar-refractivity contribution < 1.29 is 19.1 Å². The average Bonchev–Trinajstić information content (AvgIpc) is 3.32. The van der Waals surface area contributed by atoms with Gasteiger partial charge >= 0.3 is 6.09 Å². The minimum atomic E-state index is -0.542. The highest BCUT2D eigenvalue weighted by molar-refractivity contribution is 5.99. The summed E-state index contributed by atoms with van der Waals surface area (Å²) in [7, 11) is 0. The molecule has 4 aromatic rings. The number of carbonyl (C=O) groups is 2. The van der Waals surface area contributed by atoms with Crippen LogP contribution in [0.5, 0.6) is 11.5 Å². The van der Waals surface area contributed by atoms with Crippen LogP contribution in [0.25, 0.3) is 10.9 Å². The number of fused-ring (bicyclic) bond motifs is 1. The Morgan fingerprint density at radius 2 is 1.52 bits per heavy atom. The summed E-state index contributed by atoms with van der Waals surface area (Å²) >= 11 is 0. The van der Waals surface area contributed by atoms with Crippen molar-refractivity contribution in [2.75, 3.05) is 0 Å². The first-order valence-electron chi connectivity index (χ1n) is 14.3. The van der Waals surface area contributed by atoms with Gasteiger partial charge in [-0.3, -0.25) is 4.79 Å². The Balaban J connectivity index is 1.29. The molecular formula is C34H36N4O4. The van der Waals surface area contributed by atoms with Crippen LogP contribution in [0, 0.1) is 11.3 Å². The van der Waals surface area contributed by atoms with Crippen LogP contribution in [0.15, 0.2) is 78.9 Å². The zero-order chi connectivity index (χ0) is 29.7. The molecule has 1 aromatic heterocycles. The van der Waals surface area contributed by atoms with Gasteiger partial charge in [-0.1, -0.05) is 36.4 Å². The van der Waals surface area contributed by atoms with Crippen molar-refractivity contribution in [3.8, 4) is 17.6 Å². The lowest BCUT2D eigenvalue weighted by Gasteiger charge is -2.30. The number of carbonyl (C=O) groups excluding carboxylic acids is 2. The Labute approximate surface area is 246 Å². The van der Waals surface area contributed by atoms with Gasteiger partial charge in [-0.15, -0.1) is 0 Å². The Morgan fingerprint density at radius 1 is 0.881 bits per heavy atom.